The Morgan fingerprint density at radius 1 is 1.07 bits per heavy atom. The van der Waals surface area contributed by atoms with E-state index >= 15 is 0 Å². The van der Waals surface area contributed by atoms with Gasteiger partial charge in [0.1, 0.15) is 5.56 Å². The molecule has 5 nitrogen and oxygen atoms in total. The molecule has 0 saturated carbocycles. The normalized spacial score (nSPS) is 22.2. The molecule has 1 aromatic heterocycles. The second-order valence-electron chi connectivity index (χ2n) is 8.29. The van der Waals surface area contributed by atoms with E-state index in [1.54, 1.807) is 12.1 Å². The van der Waals surface area contributed by atoms with Gasteiger partial charge < -0.3 is 14.8 Å². The monoisotopic (exact) mass is 379 g/mol. The molecule has 1 amide bonds. The summed E-state index contributed by atoms with van der Waals surface area (Å²) in [5.41, 5.74) is 2.16. The number of nitrogens with one attached hydrogen (secondary N) is 1. The van der Waals surface area contributed by atoms with E-state index in [-0.39, 0.29) is 23.1 Å². The number of carbonyl (C=O) groups is 1. The van der Waals surface area contributed by atoms with Gasteiger partial charge in [-0.25, -0.2) is 0 Å². The molecule has 3 aliphatic heterocycles. The Kier molecular flexibility index (Phi) is 5.62. The molecule has 0 aliphatic carbocycles. The number of nitrogens with zero attached hydrogens (tertiary/aromatic N) is 2. The Morgan fingerprint density at radius 2 is 1.89 bits per heavy atom. The molecule has 3 aliphatic rings. The van der Waals surface area contributed by atoms with E-state index in [4.69, 9.17) is 0 Å². The largest absolute Gasteiger partial charge is 0.334 e. The van der Waals surface area contributed by atoms with Gasteiger partial charge in [0.05, 0.1) is 0 Å². The Morgan fingerprint density at radius 3 is 2.68 bits per heavy atom. The summed E-state index contributed by atoms with van der Waals surface area (Å²) in [6, 6.07) is 14.3. The van der Waals surface area contributed by atoms with Crippen LogP contribution in [0.3, 0.4) is 0 Å². The number of aromatic nitrogens is 1. The van der Waals surface area contributed by atoms with Crippen molar-refractivity contribution in [3.63, 3.8) is 0 Å². The average molecular weight is 380 g/mol. The van der Waals surface area contributed by atoms with Crippen LogP contribution < -0.4 is 5.56 Å². The summed E-state index contributed by atoms with van der Waals surface area (Å²) < 4.78 is 0. The van der Waals surface area contributed by atoms with Gasteiger partial charge in [0, 0.05) is 31.4 Å². The average Bonchev–Trinajstić information content (AvgIpc) is 2.99. The van der Waals surface area contributed by atoms with Crippen molar-refractivity contribution in [2.45, 2.75) is 38.6 Å². The van der Waals surface area contributed by atoms with E-state index < -0.39 is 0 Å². The zero-order valence-corrected chi connectivity index (χ0v) is 16.6. The number of aryl methyl sites for hydroxylation is 2. The highest BCUT2D eigenvalue weighted by Crippen LogP contribution is 2.29. The van der Waals surface area contributed by atoms with Crippen molar-refractivity contribution in [1.29, 1.82) is 0 Å². The number of rotatable bonds is 5. The van der Waals surface area contributed by atoms with Crippen LogP contribution in [0.2, 0.25) is 0 Å². The van der Waals surface area contributed by atoms with Crippen molar-refractivity contribution in [2.75, 3.05) is 26.2 Å². The van der Waals surface area contributed by atoms with Gasteiger partial charge in [-0.2, -0.15) is 0 Å². The number of carbonyl (C=O) groups excluding carboxylic acids is 1. The first-order valence-corrected chi connectivity index (χ1v) is 10.4. The molecule has 2 aromatic rings. The van der Waals surface area contributed by atoms with Gasteiger partial charge in [-0.15, -0.1) is 0 Å². The van der Waals surface area contributed by atoms with E-state index in [0.717, 1.165) is 51.1 Å². The third kappa shape index (κ3) is 4.20. The molecule has 0 unspecified atom stereocenters. The SMILES string of the molecule is Cc1ccc(C(=O)N2C[C@H]3CC[C@@H]2CN(CCCc2ccccc2)C3)c(=O)[nH]1. The predicted octanol–water partition coefficient (Wildman–Crippen LogP) is 2.85. The second-order valence-corrected chi connectivity index (χ2v) is 8.29. The highest BCUT2D eigenvalue weighted by atomic mass is 16.2. The third-order valence-corrected chi connectivity index (χ3v) is 6.12. The van der Waals surface area contributed by atoms with Gasteiger partial charge in [-0.3, -0.25) is 9.59 Å². The molecule has 0 radical (unpaired) electrons. The zero-order chi connectivity index (χ0) is 19.5. The minimum Gasteiger partial charge on any atom is -0.334 e. The first-order valence-electron chi connectivity index (χ1n) is 10.4. The molecule has 0 spiro atoms. The van der Waals surface area contributed by atoms with Crippen LogP contribution in [0.1, 0.15) is 40.9 Å². The smallest absolute Gasteiger partial charge is 0.260 e. The summed E-state index contributed by atoms with van der Waals surface area (Å²) >= 11 is 0. The van der Waals surface area contributed by atoms with E-state index in [0.29, 0.717) is 5.92 Å². The number of fused-ring (bicyclic) bond motifs is 4. The van der Waals surface area contributed by atoms with Crippen LogP contribution in [0, 0.1) is 12.8 Å². The van der Waals surface area contributed by atoms with Crippen LogP contribution in [0.5, 0.6) is 0 Å². The molecule has 28 heavy (non-hydrogen) atoms. The van der Waals surface area contributed by atoms with Crippen LogP contribution >= 0.6 is 0 Å². The summed E-state index contributed by atoms with van der Waals surface area (Å²) in [6.45, 7) is 5.64. The zero-order valence-electron chi connectivity index (χ0n) is 16.6. The Hall–Kier alpha value is -2.40. The van der Waals surface area contributed by atoms with E-state index in [1.807, 2.05) is 11.8 Å². The van der Waals surface area contributed by atoms with E-state index in [2.05, 4.69) is 40.2 Å². The van der Waals surface area contributed by atoms with Crippen molar-refractivity contribution < 1.29 is 4.79 Å². The number of benzene rings is 1. The molecule has 3 fully saturated rings. The highest BCUT2D eigenvalue weighted by Gasteiger charge is 2.37. The topological polar surface area (TPSA) is 56.4 Å². The fraction of sp³-hybridized carbons (Fsp3) is 0.478. The first kappa shape index (κ1) is 18.9. The lowest BCUT2D eigenvalue weighted by Crippen LogP contribution is -2.48. The summed E-state index contributed by atoms with van der Waals surface area (Å²) in [4.78, 5) is 32.6. The van der Waals surface area contributed by atoms with Gasteiger partial charge in [0.25, 0.3) is 11.5 Å². The molecular formula is C23H29N3O2. The summed E-state index contributed by atoms with van der Waals surface area (Å²) in [5, 5.41) is 0. The fourth-order valence-electron chi connectivity index (χ4n) is 4.66. The van der Waals surface area contributed by atoms with Crippen molar-refractivity contribution in [3.8, 4) is 0 Å². The van der Waals surface area contributed by atoms with Crippen LogP contribution in [0.4, 0.5) is 0 Å². The number of piperidine rings is 1. The number of hydrogen-bond donors (Lipinski definition) is 1. The van der Waals surface area contributed by atoms with Crippen molar-refractivity contribution >= 4 is 5.91 Å². The van der Waals surface area contributed by atoms with Crippen LogP contribution in [-0.4, -0.2) is 52.9 Å². The molecule has 2 bridgehead atoms. The minimum atomic E-state index is -0.273. The highest BCUT2D eigenvalue weighted by molar-refractivity contribution is 5.94. The molecule has 1 aromatic carbocycles. The molecule has 5 heteroatoms. The number of pyridine rings is 1. The number of hydrogen-bond acceptors (Lipinski definition) is 3. The number of aromatic amines is 1. The standard InChI is InChI=1S/C23H29N3O2/c1-17-9-12-21(22(27)24-17)23(28)26-15-19-10-11-20(26)16-25(14-19)13-5-8-18-6-3-2-4-7-18/h2-4,6-7,9,12,19-20H,5,8,10-11,13-16H2,1H3,(H,24,27)/t19-,20+/m0/s1. The lowest BCUT2D eigenvalue weighted by Gasteiger charge is -2.36. The van der Waals surface area contributed by atoms with Crippen LogP contribution in [0.25, 0.3) is 0 Å². The second kappa shape index (κ2) is 8.31. The maximum atomic E-state index is 13.1. The lowest BCUT2D eigenvalue weighted by molar-refractivity contribution is 0.0583. The first-order chi connectivity index (χ1) is 13.6. The fourth-order valence-corrected chi connectivity index (χ4v) is 4.66. The Labute approximate surface area is 166 Å². The summed E-state index contributed by atoms with van der Waals surface area (Å²) in [5.74, 6) is 0.394. The van der Waals surface area contributed by atoms with E-state index in [9.17, 15) is 9.59 Å². The predicted molar refractivity (Wildman–Crippen MR) is 111 cm³/mol. The summed E-state index contributed by atoms with van der Waals surface area (Å²) in [6.07, 6.45) is 4.44. The van der Waals surface area contributed by atoms with Gasteiger partial charge in [0.15, 0.2) is 0 Å². The molecule has 2 atom stereocenters. The molecule has 3 saturated heterocycles. The Bertz CT molecular complexity index is 877. The van der Waals surface area contributed by atoms with Crippen molar-refractivity contribution in [3.05, 3.63) is 69.6 Å². The quantitative estimate of drug-likeness (QED) is 0.869. The van der Waals surface area contributed by atoms with Gasteiger partial charge in [-0.05, 0) is 62.8 Å². The minimum absolute atomic E-state index is 0.109. The number of H-pyrrole nitrogens is 1. The van der Waals surface area contributed by atoms with Gasteiger partial charge in [-0.1, -0.05) is 30.3 Å². The maximum Gasteiger partial charge on any atom is 0.260 e. The maximum absolute atomic E-state index is 13.1. The number of amides is 1. The van der Waals surface area contributed by atoms with Crippen LogP contribution in [0.15, 0.2) is 47.3 Å². The Balaban J connectivity index is 1.40. The summed E-state index contributed by atoms with van der Waals surface area (Å²) in [7, 11) is 0. The molecule has 4 heterocycles. The van der Waals surface area contributed by atoms with Crippen LogP contribution in [-0.2, 0) is 6.42 Å². The molecule has 1 N–H and O–H groups in total. The lowest BCUT2D eigenvalue weighted by atomic mass is 9.94. The third-order valence-electron chi connectivity index (χ3n) is 6.12. The molecule has 5 rings (SSSR count). The van der Waals surface area contributed by atoms with Gasteiger partial charge in [0.2, 0.25) is 0 Å². The molecule has 148 valence electrons. The van der Waals surface area contributed by atoms with Crippen molar-refractivity contribution in [1.82, 2.24) is 14.8 Å². The van der Waals surface area contributed by atoms with Gasteiger partial charge >= 0.3 is 0 Å². The van der Waals surface area contributed by atoms with Crippen molar-refractivity contribution in [2.24, 2.45) is 5.92 Å². The molecular weight excluding hydrogens is 350 g/mol. The van der Waals surface area contributed by atoms with E-state index in [1.165, 1.54) is 12.0 Å².